The van der Waals surface area contributed by atoms with Crippen LogP contribution in [0.1, 0.15) is 5.56 Å². The highest BCUT2D eigenvalue weighted by molar-refractivity contribution is 9.10. The molecule has 0 atom stereocenters. The molecule has 0 bridgehead atoms. The van der Waals surface area contributed by atoms with Crippen LogP contribution in [0, 0.1) is 0 Å². The quantitative estimate of drug-likeness (QED) is 0.803. The molecule has 74 valence electrons. The minimum absolute atomic E-state index is 0.0889. The van der Waals surface area contributed by atoms with E-state index in [1.165, 1.54) is 6.07 Å². The Morgan fingerprint density at radius 2 is 2.00 bits per heavy atom. The molecule has 0 radical (unpaired) electrons. The van der Waals surface area contributed by atoms with Gasteiger partial charge < -0.3 is 10.2 Å². The number of carbonyl (C=O) groups excluding carboxylic acids is 1. The fourth-order valence-electron chi connectivity index (χ4n) is 0.958. The van der Waals surface area contributed by atoms with Crippen LogP contribution in [-0.4, -0.2) is 22.0 Å². The van der Waals surface area contributed by atoms with E-state index in [0.717, 1.165) is 0 Å². The first-order valence-corrected chi connectivity index (χ1v) is 4.54. The number of halogens is 1. The first kappa shape index (κ1) is 10.7. The summed E-state index contributed by atoms with van der Waals surface area (Å²) >= 11 is 3.12. The molecule has 4 nitrogen and oxygen atoms in total. The third kappa shape index (κ3) is 2.32. The zero-order chi connectivity index (χ0) is 10.7. The maximum Gasteiger partial charge on any atom is 0.372 e. The molecule has 0 aliphatic rings. The molecule has 0 heterocycles. The number of carbonyl (C=O) groups is 2. The average Bonchev–Trinajstić information content (AvgIpc) is 2.11. The van der Waals surface area contributed by atoms with Crippen molar-refractivity contribution in [2.75, 3.05) is 0 Å². The Labute approximate surface area is 88.3 Å². The number of carboxylic acid groups (broad SMARTS) is 1. The Morgan fingerprint density at radius 1 is 1.36 bits per heavy atom. The molecule has 2 N–H and O–H groups in total. The van der Waals surface area contributed by atoms with Gasteiger partial charge in [-0.1, -0.05) is 22.0 Å². The third-order valence-electron chi connectivity index (χ3n) is 1.67. The van der Waals surface area contributed by atoms with Gasteiger partial charge in [-0.25, -0.2) is 4.79 Å². The van der Waals surface area contributed by atoms with Gasteiger partial charge in [-0.05, 0) is 12.1 Å². The first-order chi connectivity index (χ1) is 6.52. The van der Waals surface area contributed by atoms with Gasteiger partial charge in [0.2, 0.25) is 5.78 Å². The zero-order valence-electron chi connectivity index (χ0n) is 7.03. The molecule has 0 saturated carbocycles. The molecule has 0 spiro atoms. The maximum atomic E-state index is 10.9. The summed E-state index contributed by atoms with van der Waals surface area (Å²) in [5.41, 5.74) is 0.292. The molecule has 0 amide bonds. The minimum Gasteiger partial charge on any atom is -0.508 e. The Balaban J connectivity index is 2.97. The molecule has 0 aliphatic carbocycles. The largest absolute Gasteiger partial charge is 0.508 e. The van der Waals surface area contributed by atoms with Crippen LogP contribution >= 0.6 is 15.9 Å². The highest BCUT2D eigenvalue weighted by atomic mass is 79.9. The van der Waals surface area contributed by atoms with Gasteiger partial charge in [0, 0.05) is 16.5 Å². The molecule has 0 aromatic heterocycles. The van der Waals surface area contributed by atoms with Crippen molar-refractivity contribution in [3.8, 4) is 5.75 Å². The molecule has 0 fully saturated rings. The van der Waals surface area contributed by atoms with Gasteiger partial charge in [-0.3, -0.25) is 4.79 Å². The molecule has 0 unspecified atom stereocenters. The second-order valence-corrected chi connectivity index (χ2v) is 3.50. The van der Waals surface area contributed by atoms with Gasteiger partial charge >= 0.3 is 5.97 Å². The van der Waals surface area contributed by atoms with Gasteiger partial charge in [0.1, 0.15) is 5.75 Å². The molecular weight excluding hydrogens is 252 g/mol. The van der Waals surface area contributed by atoms with Crippen molar-refractivity contribution in [2.24, 2.45) is 0 Å². The second-order valence-electron chi connectivity index (χ2n) is 2.64. The highest BCUT2D eigenvalue weighted by Crippen LogP contribution is 2.26. The summed E-state index contributed by atoms with van der Waals surface area (Å²) in [6.45, 7) is 0. The van der Waals surface area contributed by atoms with E-state index in [4.69, 9.17) is 5.11 Å². The van der Waals surface area contributed by atoms with E-state index in [1.807, 2.05) is 0 Å². The topological polar surface area (TPSA) is 74.6 Å². The minimum atomic E-state index is -1.50. The second kappa shape index (κ2) is 4.23. The summed E-state index contributed by atoms with van der Waals surface area (Å²) in [7, 11) is 0. The number of ketones is 1. The van der Waals surface area contributed by atoms with Gasteiger partial charge in [0.25, 0.3) is 0 Å². The number of aromatic hydroxyl groups is 1. The average molecular weight is 259 g/mol. The lowest BCUT2D eigenvalue weighted by atomic mass is 10.1. The van der Waals surface area contributed by atoms with E-state index in [9.17, 15) is 14.7 Å². The fourth-order valence-corrected chi connectivity index (χ4v) is 1.45. The van der Waals surface area contributed by atoms with Crippen molar-refractivity contribution in [2.45, 2.75) is 6.42 Å². The number of phenolic OH excluding ortho intramolecular Hbond substituents is 1. The molecular formula is C9H7BrO4. The van der Waals surface area contributed by atoms with Crippen LogP contribution in [0.5, 0.6) is 5.75 Å². The van der Waals surface area contributed by atoms with E-state index in [0.29, 0.717) is 10.0 Å². The van der Waals surface area contributed by atoms with Crippen LogP contribution in [0.2, 0.25) is 0 Å². The van der Waals surface area contributed by atoms with E-state index in [2.05, 4.69) is 15.9 Å². The third-order valence-corrected chi connectivity index (χ3v) is 2.41. The highest BCUT2D eigenvalue weighted by Gasteiger charge is 2.16. The van der Waals surface area contributed by atoms with Gasteiger partial charge in [-0.2, -0.15) is 0 Å². The summed E-state index contributed by atoms with van der Waals surface area (Å²) in [5.74, 6) is -2.54. The van der Waals surface area contributed by atoms with Crippen LogP contribution in [0.3, 0.4) is 0 Å². The SMILES string of the molecule is O=C(O)C(=O)Cc1c(O)cccc1Br. The van der Waals surface area contributed by atoms with E-state index in [1.54, 1.807) is 12.1 Å². The lowest BCUT2D eigenvalue weighted by Gasteiger charge is -2.03. The van der Waals surface area contributed by atoms with Gasteiger partial charge in [0.15, 0.2) is 0 Å². The van der Waals surface area contributed by atoms with Crippen LogP contribution in [0.25, 0.3) is 0 Å². The number of aliphatic carboxylic acids is 1. The van der Waals surface area contributed by atoms with Crippen molar-refractivity contribution < 1.29 is 19.8 Å². The molecule has 5 heteroatoms. The Hall–Kier alpha value is -1.36. The van der Waals surface area contributed by atoms with Crippen LogP contribution in [0.15, 0.2) is 22.7 Å². The number of Topliss-reactive ketones (excluding diaryl/α,β-unsaturated/α-hetero) is 1. The van der Waals surface area contributed by atoms with Crippen molar-refractivity contribution in [3.63, 3.8) is 0 Å². The van der Waals surface area contributed by atoms with Crippen molar-refractivity contribution in [3.05, 3.63) is 28.2 Å². The Kier molecular flexibility index (Phi) is 3.24. The lowest BCUT2D eigenvalue weighted by Crippen LogP contribution is -2.15. The van der Waals surface area contributed by atoms with Crippen LogP contribution in [0.4, 0.5) is 0 Å². The number of rotatable bonds is 3. The molecule has 1 aromatic rings. The van der Waals surface area contributed by atoms with Crippen LogP contribution in [-0.2, 0) is 16.0 Å². The predicted octanol–water partition coefficient (Wildman–Crippen LogP) is 1.35. The van der Waals surface area contributed by atoms with Gasteiger partial charge in [-0.15, -0.1) is 0 Å². The summed E-state index contributed by atoms with van der Waals surface area (Å²) in [5, 5.41) is 17.7. The van der Waals surface area contributed by atoms with Crippen molar-refractivity contribution >= 4 is 27.7 Å². The lowest BCUT2D eigenvalue weighted by molar-refractivity contribution is -0.148. The van der Waals surface area contributed by atoms with Crippen molar-refractivity contribution in [1.29, 1.82) is 0 Å². The molecule has 0 saturated heterocycles. The normalized spacial score (nSPS) is 9.79. The first-order valence-electron chi connectivity index (χ1n) is 3.75. The van der Waals surface area contributed by atoms with Gasteiger partial charge in [0.05, 0.1) is 0 Å². The number of carboxylic acids is 1. The molecule has 0 aliphatic heterocycles. The summed E-state index contributed by atoms with van der Waals surface area (Å²) in [4.78, 5) is 21.2. The number of phenols is 1. The summed E-state index contributed by atoms with van der Waals surface area (Å²) < 4.78 is 0.520. The molecule has 14 heavy (non-hydrogen) atoms. The monoisotopic (exact) mass is 258 g/mol. The Bertz CT molecular complexity index is 366. The van der Waals surface area contributed by atoms with Crippen molar-refractivity contribution in [1.82, 2.24) is 0 Å². The van der Waals surface area contributed by atoms with E-state index in [-0.39, 0.29) is 12.2 Å². The molecule has 1 aromatic carbocycles. The number of hydrogen-bond acceptors (Lipinski definition) is 3. The molecule has 1 rings (SSSR count). The van der Waals surface area contributed by atoms with E-state index < -0.39 is 11.8 Å². The predicted molar refractivity (Wildman–Crippen MR) is 52.2 cm³/mol. The maximum absolute atomic E-state index is 10.9. The summed E-state index contributed by atoms with van der Waals surface area (Å²) in [6.07, 6.45) is -0.317. The van der Waals surface area contributed by atoms with E-state index >= 15 is 0 Å². The Morgan fingerprint density at radius 3 is 2.50 bits per heavy atom. The van der Waals surface area contributed by atoms with Crippen LogP contribution < -0.4 is 0 Å². The number of hydrogen-bond donors (Lipinski definition) is 2. The smallest absolute Gasteiger partial charge is 0.372 e. The zero-order valence-corrected chi connectivity index (χ0v) is 8.61. The fraction of sp³-hybridized carbons (Fsp3) is 0.111. The summed E-state index contributed by atoms with van der Waals surface area (Å²) in [6, 6.07) is 4.62. The standard InChI is InChI=1S/C9H7BrO4/c10-6-2-1-3-7(11)5(6)4-8(12)9(13)14/h1-3,11H,4H2,(H,13,14). The number of benzene rings is 1.